The number of benzene rings is 2. The van der Waals surface area contributed by atoms with Crippen LogP contribution in [-0.4, -0.2) is 56.8 Å². The highest BCUT2D eigenvalue weighted by molar-refractivity contribution is 7.89. The maximum absolute atomic E-state index is 13.3. The van der Waals surface area contributed by atoms with Crippen molar-refractivity contribution in [1.82, 2.24) is 9.21 Å². The van der Waals surface area contributed by atoms with Gasteiger partial charge in [0.2, 0.25) is 15.9 Å². The second-order valence-corrected chi connectivity index (χ2v) is 9.65. The van der Waals surface area contributed by atoms with Crippen molar-refractivity contribution in [3.05, 3.63) is 59.1 Å². The molecule has 0 saturated carbocycles. The molecule has 2 aromatic rings. The van der Waals surface area contributed by atoms with Crippen LogP contribution in [0.15, 0.2) is 53.4 Å². The molecule has 0 aromatic heterocycles. The lowest BCUT2D eigenvalue weighted by Gasteiger charge is -2.26. The highest BCUT2D eigenvalue weighted by Gasteiger charge is 2.44. The van der Waals surface area contributed by atoms with Crippen LogP contribution in [0.1, 0.15) is 25.3 Å². The van der Waals surface area contributed by atoms with Gasteiger partial charge in [0.15, 0.2) is 0 Å². The standard InChI is InChI=1S/C22H27ClN2O4S/c1-4-24(5-2)22(26)21-15-25(30(27,28)19-11-9-17(23)10-12-19)14-20(21)16-7-6-8-18(13-16)29-3/h6-13,20-21H,4-5,14-15H2,1-3H3. The zero-order chi connectivity index (χ0) is 21.9. The summed E-state index contributed by atoms with van der Waals surface area (Å²) in [5.41, 5.74) is 0.897. The van der Waals surface area contributed by atoms with Crippen LogP contribution in [-0.2, 0) is 14.8 Å². The number of methoxy groups -OCH3 is 1. The van der Waals surface area contributed by atoms with Crippen LogP contribution in [0.2, 0.25) is 5.02 Å². The van der Waals surface area contributed by atoms with Crippen molar-refractivity contribution in [3.63, 3.8) is 0 Å². The van der Waals surface area contributed by atoms with Gasteiger partial charge in [-0.3, -0.25) is 4.79 Å². The smallest absolute Gasteiger partial charge is 0.243 e. The number of hydrogen-bond acceptors (Lipinski definition) is 4. The van der Waals surface area contributed by atoms with Gasteiger partial charge in [0.25, 0.3) is 0 Å². The van der Waals surface area contributed by atoms with E-state index in [-0.39, 0.29) is 29.8 Å². The molecule has 8 heteroatoms. The Morgan fingerprint density at radius 3 is 2.40 bits per heavy atom. The molecule has 2 unspecified atom stereocenters. The maximum Gasteiger partial charge on any atom is 0.243 e. The van der Waals surface area contributed by atoms with Crippen molar-refractivity contribution in [2.45, 2.75) is 24.7 Å². The zero-order valence-corrected chi connectivity index (χ0v) is 19.0. The average molecular weight is 451 g/mol. The largest absolute Gasteiger partial charge is 0.497 e. The quantitative estimate of drug-likeness (QED) is 0.646. The van der Waals surface area contributed by atoms with Gasteiger partial charge in [-0.2, -0.15) is 4.31 Å². The van der Waals surface area contributed by atoms with Gasteiger partial charge < -0.3 is 9.64 Å². The first-order valence-electron chi connectivity index (χ1n) is 10.00. The van der Waals surface area contributed by atoms with Crippen molar-refractivity contribution in [2.24, 2.45) is 5.92 Å². The Bertz CT molecular complexity index is 990. The first-order valence-corrected chi connectivity index (χ1v) is 11.8. The van der Waals surface area contributed by atoms with E-state index in [1.54, 1.807) is 24.1 Å². The Morgan fingerprint density at radius 1 is 1.13 bits per heavy atom. The van der Waals surface area contributed by atoms with Crippen LogP contribution in [0.4, 0.5) is 0 Å². The van der Waals surface area contributed by atoms with Gasteiger partial charge in [-0.25, -0.2) is 8.42 Å². The summed E-state index contributed by atoms with van der Waals surface area (Å²) < 4.78 is 33.3. The van der Waals surface area contributed by atoms with E-state index in [2.05, 4.69) is 0 Å². The van der Waals surface area contributed by atoms with Crippen molar-refractivity contribution in [1.29, 1.82) is 0 Å². The number of sulfonamides is 1. The topological polar surface area (TPSA) is 66.9 Å². The van der Waals surface area contributed by atoms with Crippen LogP contribution in [0.3, 0.4) is 0 Å². The number of ether oxygens (including phenoxy) is 1. The Labute approximate surface area is 183 Å². The molecule has 1 amide bonds. The van der Waals surface area contributed by atoms with Crippen LogP contribution >= 0.6 is 11.6 Å². The van der Waals surface area contributed by atoms with E-state index in [9.17, 15) is 13.2 Å². The summed E-state index contributed by atoms with van der Waals surface area (Å²) in [6, 6.07) is 13.6. The van der Waals surface area contributed by atoms with Crippen molar-refractivity contribution >= 4 is 27.5 Å². The van der Waals surface area contributed by atoms with Gasteiger partial charge in [0, 0.05) is 37.1 Å². The maximum atomic E-state index is 13.3. The predicted molar refractivity (Wildman–Crippen MR) is 117 cm³/mol. The van der Waals surface area contributed by atoms with Crippen molar-refractivity contribution in [3.8, 4) is 5.75 Å². The molecule has 162 valence electrons. The number of hydrogen-bond donors (Lipinski definition) is 0. The summed E-state index contributed by atoms with van der Waals surface area (Å²) in [4.78, 5) is 15.2. The molecule has 1 aliphatic rings. The van der Waals surface area contributed by atoms with E-state index in [4.69, 9.17) is 16.3 Å². The van der Waals surface area contributed by atoms with E-state index in [1.807, 2.05) is 38.1 Å². The molecular formula is C22H27ClN2O4S. The number of carbonyl (C=O) groups is 1. The molecule has 1 fully saturated rings. The molecule has 0 radical (unpaired) electrons. The molecule has 3 rings (SSSR count). The fraction of sp³-hybridized carbons (Fsp3) is 0.409. The monoisotopic (exact) mass is 450 g/mol. The number of rotatable bonds is 7. The van der Waals surface area contributed by atoms with Crippen LogP contribution in [0, 0.1) is 5.92 Å². The lowest BCUT2D eigenvalue weighted by molar-refractivity contribution is -0.135. The van der Waals surface area contributed by atoms with E-state index >= 15 is 0 Å². The Hall–Kier alpha value is -2.09. The Morgan fingerprint density at radius 2 is 1.80 bits per heavy atom. The van der Waals surface area contributed by atoms with E-state index < -0.39 is 15.9 Å². The fourth-order valence-corrected chi connectivity index (χ4v) is 5.57. The van der Waals surface area contributed by atoms with E-state index in [0.29, 0.717) is 23.9 Å². The van der Waals surface area contributed by atoms with Gasteiger partial charge >= 0.3 is 0 Å². The number of amides is 1. The van der Waals surface area contributed by atoms with Crippen molar-refractivity contribution < 1.29 is 17.9 Å². The SMILES string of the molecule is CCN(CC)C(=O)C1CN(S(=O)(=O)c2ccc(Cl)cc2)CC1c1cccc(OC)c1. The van der Waals surface area contributed by atoms with Crippen LogP contribution in [0.5, 0.6) is 5.75 Å². The molecule has 6 nitrogen and oxygen atoms in total. The normalized spacial score (nSPS) is 19.6. The van der Waals surface area contributed by atoms with Gasteiger partial charge in [-0.05, 0) is 55.8 Å². The molecule has 0 N–H and O–H groups in total. The number of halogens is 1. The first-order chi connectivity index (χ1) is 14.3. The van der Waals surface area contributed by atoms with E-state index in [1.165, 1.54) is 16.4 Å². The van der Waals surface area contributed by atoms with Gasteiger partial charge in [0.1, 0.15) is 5.75 Å². The van der Waals surface area contributed by atoms with Gasteiger partial charge in [0.05, 0.1) is 17.9 Å². The van der Waals surface area contributed by atoms with Gasteiger partial charge in [-0.15, -0.1) is 0 Å². The molecule has 30 heavy (non-hydrogen) atoms. The predicted octanol–water partition coefficient (Wildman–Crippen LogP) is 3.62. The highest BCUT2D eigenvalue weighted by atomic mass is 35.5. The molecule has 1 saturated heterocycles. The third kappa shape index (κ3) is 4.48. The summed E-state index contributed by atoms with van der Waals surface area (Å²) in [6.45, 7) is 5.40. The molecule has 2 aromatic carbocycles. The van der Waals surface area contributed by atoms with Crippen molar-refractivity contribution in [2.75, 3.05) is 33.3 Å². The third-order valence-electron chi connectivity index (χ3n) is 5.65. The second-order valence-electron chi connectivity index (χ2n) is 7.28. The fourth-order valence-electron chi connectivity index (χ4n) is 3.95. The number of carbonyl (C=O) groups excluding carboxylic acids is 1. The molecule has 0 spiro atoms. The molecule has 1 heterocycles. The third-order valence-corrected chi connectivity index (χ3v) is 7.75. The summed E-state index contributed by atoms with van der Waals surface area (Å²) in [6.07, 6.45) is 0. The molecule has 1 aliphatic heterocycles. The lowest BCUT2D eigenvalue weighted by Crippen LogP contribution is -2.39. The summed E-state index contributed by atoms with van der Waals surface area (Å²) in [5.74, 6) is -0.0588. The molecular weight excluding hydrogens is 424 g/mol. The molecule has 0 bridgehead atoms. The summed E-state index contributed by atoms with van der Waals surface area (Å²) in [5, 5.41) is 0.471. The summed E-state index contributed by atoms with van der Waals surface area (Å²) in [7, 11) is -2.16. The first kappa shape index (κ1) is 22.6. The number of nitrogens with zero attached hydrogens (tertiary/aromatic N) is 2. The minimum Gasteiger partial charge on any atom is -0.497 e. The van der Waals surface area contributed by atoms with Gasteiger partial charge in [-0.1, -0.05) is 23.7 Å². The Balaban J connectivity index is 1.98. The zero-order valence-electron chi connectivity index (χ0n) is 17.4. The summed E-state index contributed by atoms with van der Waals surface area (Å²) >= 11 is 5.91. The second kappa shape index (κ2) is 9.37. The minimum atomic E-state index is -3.74. The minimum absolute atomic E-state index is 0.0263. The molecule has 2 atom stereocenters. The Kier molecular flexibility index (Phi) is 7.06. The highest BCUT2D eigenvalue weighted by Crippen LogP contribution is 2.38. The van der Waals surface area contributed by atoms with E-state index in [0.717, 1.165) is 5.56 Å². The van der Waals surface area contributed by atoms with Crippen LogP contribution in [0.25, 0.3) is 0 Å². The van der Waals surface area contributed by atoms with Crippen LogP contribution < -0.4 is 4.74 Å². The lowest BCUT2D eigenvalue weighted by atomic mass is 9.88. The molecule has 0 aliphatic carbocycles. The average Bonchev–Trinajstić information content (AvgIpc) is 3.21.